The highest BCUT2D eigenvalue weighted by molar-refractivity contribution is 6.48. The van der Waals surface area contributed by atoms with Gasteiger partial charge in [-0.3, -0.25) is 9.89 Å². The van der Waals surface area contributed by atoms with Gasteiger partial charge < -0.3 is 10.2 Å². The summed E-state index contributed by atoms with van der Waals surface area (Å²) in [6.07, 6.45) is 3.27. The Morgan fingerprint density at radius 3 is 2.75 bits per heavy atom. The van der Waals surface area contributed by atoms with Crippen LogP contribution in [0.5, 0.6) is 0 Å². The highest BCUT2D eigenvalue weighted by Gasteiger charge is 2.32. The standard InChI is InChI=1S/C19H25N5/c1-4-15-5-6-16-17(11-15)24-12-13(2)14(3)21-19(24)18(22-16)23-9-7-20-8-10-23/h5-6,11-12,14,20H,4,7-10H2,1-3H3. The molecule has 126 valence electrons. The molecule has 1 unspecified atom stereocenters. The fourth-order valence-electron chi connectivity index (χ4n) is 3.40. The van der Waals surface area contributed by atoms with Crippen LogP contribution < -0.4 is 10.2 Å². The number of piperazine rings is 1. The molecule has 4 rings (SSSR count). The maximum atomic E-state index is 5.00. The topological polar surface area (TPSA) is 43.2 Å². The first kappa shape index (κ1) is 15.4. The average molecular weight is 323 g/mol. The molecule has 0 aromatic heterocycles. The van der Waals surface area contributed by atoms with Gasteiger partial charge in [0.05, 0.1) is 17.4 Å². The summed E-state index contributed by atoms with van der Waals surface area (Å²) in [4.78, 5) is 14.6. The van der Waals surface area contributed by atoms with E-state index in [-0.39, 0.29) is 6.04 Å². The van der Waals surface area contributed by atoms with E-state index in [1.165, 1.54) is 11.1 Å². The van der Waals surface area contributed by atoms with Gasteiger partial charge in [-0.2, -0.15) is 0 Å². The van der Waals surface area contributed by atoms with E-state index in [1.807, 2.05) is 0 Å². The smallest absolute Gasteiger partial charge is 0.176 e. The van der Waals surface area contributed by atoms with Gasteiger partial charge >= 0.3 is 0 Å². The van der Waals surface area contributed by atoms with E-state index >= 15 is 0 Å². The van der Waals surface area contributed by atoms with Gasteiger partial charge in [0.2, 0.25) is 0 Å². The maximum Gasteiger partial charge on any atom is 0.176 e. The Morgan fingerprint density at radius 1 is 1.21 bits per heavy atom. The summed E-state index contributed by atoms with van der Waals surface area (Å²) in [6.45, 7) is 10.5. The van der Waals surface area contributed by atoms with E-state index in [0.717, 1.165) is 55.6 Å². The van der Waals surface area contributed by atoms with Crippen LogP contribution in [0.4, 0.5) is 11.4 Å². The molecule has 0 amide bonds. The van der Waals surface area contributed by atoms with Crippen molar-refractivity contribution in [3.05, 3.63) is 35.5 Å². The zero-order valence-corrected chi connectivity index (χ0v) is 14.7. The van der Waals surface area contributed by atoms with Crippen LogP contribution in [0.2, 0.25) is 0 Å². The van der Waals surface area contributed by atoms with Crippen LogP contribution in [-0.4, -0.2) is 48.8 Å². The largest absolute Gasteiger partial charge is 0.351 e. The van der Waals surface area contributed by atoms with Crippen LogP contribution in [0.15, 0.2) is 40.0 Å². The molecule has 1 N–H and O–H groups in total. The number of rotatable bonds is 1. The molecule has 5 nitrogen and oxygen atoms in total. The van der Waals surface area contributed by atoms with Crippen LogP contribution in [0.3, 0.4) is 0 Å². The van der Waals surface area contributed by atoms with Gasteiger partial charge in [0.1, 0.15) is 0 Å². The van der Waals surface area contributed by atoms with Gasteiger partial charge in [-0.1, -0.05) is 13.0 Å². The highest BCUT2D eigenvalue weighted by atomic mass is 15.3. The molecule has 0 bridgehead atoms. The van der Waals surface area contributed by atoms with E-state index in [0.29, 0.717) is 0 Å². The first-order chi connectivity index (χ1) is 11.7. The van der Waals surface area contributed by atoms with E-state index < -0.39 is 0 Å². The molecule has 1 saturated heterocycles. The van der Waals surface area contributed by atoms with Crippen molar-refractivity contribution in [1.82, 2.24) is 10.2 Å². The van der Waals surface area contributed by atoms with Gasteiger partial charge in [-0.25, -0.2) is 4.99 Å². The summed E-state index contributed by atoms with van der Waals surface area (Å²) >= 11 is 0. The van der Waals surface area contributed by atoms with Crippen molar-refractivity contribution in [1.29, 1.82) is 0 Å². The summed E-state index contributed by atoms with van der Waals surface area (Å²) in [7, 11) is 0. The molecule has 24 heavy (non-hydrogen) atoms. The van der Waals surface area contributed by atoms with Gasteiger partial charge in [0, 0.05) is 32.4 Å². The molecule has 0 radical (unpaired) electrons. The monoisotopic (exact) mass is 323 g/mol. The van der Waals surface area contributed by atoms with Crippen LogP contribution in [0, 0.1) is 0 Å². The molecule has 3 aliphatic heterocycles. The van der Waals surface area contributed by atoms with Gasteiger partial charge in [0.15, 0.2) is 11.7 Å². The summed E-state index contributed by atoms with van der Waals surface area (Å²) in [5.41, 5.74) is 4.81. The molecule has 1 fully saturated rings. The molecular formula is C19H25N5. The molecule has 5 heteroatoms. The fourth-order valence-corrected chi connectivity index (χ4v) is 3.40. The number of anilines is 1. The van der Waals surface area contributed by atoms with Gasteiger partial charge in [-0.15, -0.1) is 0 Å². The number of amidine groups is 2. The molecule has 1 aromatic rings. The molecule has 1 aromatic carbocycles. The lowest BCUT2D eigenvalue weighted by Crippen LogP contribution is -2.53. The molecule has 0 saturated carbocycles. The summed E-state index contributed by atoms with van der Waals surface area (Å²) < 4.78 is 0. The molecule has 3 aliphatic rings. The van der Waals surface area contributed by atoms with Crippen LogP contribution >= 0.6 is 0 Å². The second kappa shape index (κ2) is 6.06. The van der Waals surface area contributed by atoms with E-state index in [4.69, 9.17) is 9.98 Å². The predicted molar refractivity (Wildman–Crippen MR) is 100 cm³/mol. The Labute approximate surface area is 143 Å². The Kier molecular flexibility index (Phi) is 3.88. The second-order valence-electron chi connectivity index (χ2n) is 6.72. The number of nitrogens with one attached hydrogen (secondary N) is 1. The number of fused-ring (bicyclic) bond motifs is 3. The minimum absolute atomic E-state index is 0.209. The first-order valence-corrected chi connectivity index (χ1v) is 8.90. The third-order valence-corrected chi connectivity index (χ3v) is 5.09. The van der Waals surface area contributed by atoms with Gasteiger partial charge in [0.25, 0.3) is 0 Å². The maximum absolute atomic E-state index is 5.00. The molecule has 0 spiro atoms. The lowest BCUT2D eigenvalue weighted by Gasteiger charge is -2.39. The fraction of sp³-hybridized carbons (Fsp3) is 0.474. The minimum atomic E-state index is 0.209. The lowest BCUT2D eigenvalue weighted by atomic mass is 10.1. The SMILES string of the molecule is CCc1ccc2c(c1)N1C=C(C)C(C)N=C1C(N1CCNCC1)=N2. The van der Waals surface area contributed by atoms with Crippen molar-refractivity contribution >= 4 is 23.0 Å². The van der Waals surface area contributed by atoms with Crippen molar-refractivity contribution in [2.75, 3.05) is 31.1 Å². The van der Waals surface area contributed by atoms with E-state index in [2.05, 4.69) is 60.3 Å². The van der Waals surface area contributed by atoms with Crippen LogP contribution in [0.1, 0.15) is 26.3 Å². The Hall–Kier alpha value is -2.14. The third kappa shape index (κ3) is 2.53. The highest BCUT2D eigenvalue weighted by Crippen LogP contribution is 2.37. The van der Waals surface area contributed by atoms with Crippen LogP contribution in [0.25, 0.3) is 0 Å². The molecule has 0 aliphatic carbocycles. The Morgan fingerprint density at radius 2 is 2.00 bits per heavy atom. The van der Waals surface area contributed by atoms with Crippen molar-refractivity contribution < 1.29 is 0 Å². The number of benzene rings is 1. The minimum Gasteiger partial charge on any atom is -0.351 e. The molecular weight excluding hydrogens is 298 g/mol. The quantitative estimate of drug-likeness (QED) is 0.864. The number of hydrogen-bond donors (Lipinski definition) is 1. The summed E-state index contributed by atoms with van der Waals surface area (Å²) in [6, 6.07) is 6.79. The predicted octanol–water partition coefficient (Wildman–Crippen LogP) is 2.71. The van der Waals surface area contributed by atoms with E-state index in [1.54, 1.807) is 0 Å². The van der Waals surface area contributed by atoms with Crippen LogP contribution in [-0.2, 0) is 6.42 Å². The summed E-state index contributed by atoms with van der Waals surface area (Å²) in [5.74, 6) is 2.01. The number of nitrogens with zero attached hydrogens (tertiary/aromatic N) is 4. The van der Waals surface area contributed by atoms with Crippen molar-refractivity contribution in [3.63, 3.8) is 0 Å². The molecule has 3 heterocycles. The van der Waals surface area contributed by atoms with Crippen molar-refractivity contribution in [2.45, 2.75) is 33.2 Å². The molecule has 1 atom stereocenters. The van der Waals surface area contributed by atoms with Crippen molar-refractivity contribution in [2.24, 2.45) is 9.98 Å². The number of aliphatic imine (C=N–C) groups is 2. The number of aryl methyl sites for hydroxylation is 1. The van der Waals surface area contributed by atoms with Gasteiger partial charge in [-0.05, 0) is 43.5 Å². The third-order valence-electron chi connectivity index (χ3n) is 5.09. The normalized spacial score (nSPS) is 23.1. The zero-order chi connectivity index (χ0) is 16.7. The zero-order valence-electron chi connectivity index (χ0n) is 14.7. The average Bonchev–Trinajstić information content (AvgIpc) is 2.62. The second-order valence-corrected chi connectivity index (χ2v) is 6.72. The summed E-state index contributed by atoms with van der Waals surface area (Å²) in [5, 5.41) is 3.41. The Bertz CT molecular complexity index is 740. The lowest BCUT2D eigenvalue weighted by molar-refractivity contribution is 0.360. The van der Waals surface area contributed by atoms with E-state index in [9.17, 15) is 0 Å². The Balaban J connectivity index is 1.84. The van der Waals surface area contributed by atoms with Crippen molar-refractivity contribution in [3.8, 4) is 0 Å². The first-order valence-electron chi connectivity index (χ1n) is 8.90. The number of hydrogen-bond acceptors (Lipinski definition) is 5.